The van der Waals surface area contributed by atoms with E-state index in [1.807, 2.05) is 12.1 Å². The van der Waals surface area contributed by atoms with Gasteiger partial charge in [-0.3, -0.25) is 14.4 Å². The molecule has 0 radical (unpaired) electrons. The van der Waals surface area contributed by atoms with Gasteiger partial charge >= 0.3 is 5.97 Å². The minimum absolute atomic E-state index is 0.103. The molecule has 1 heterocycles. The van der Waals surface area contributed by atoms with E-state index in [2.05, 4.69) is 5.32 Å². The number of ether oxygens (including phenoxy) is 3. The van der Waals surface area contributed by atoms with Crippen LogP contribution in [0, 0.1) is 0 Å². The predicted octanol–water partition coefficient (Wildman–Crippen LogP) is 2.61. The van der Waals surface area contributed by atoms with Crippen molar-refractivity contribution in [2.75, 3.05) is 27.4 Å². The highest BCUT2D eigenvalue weighted by Crippen LogP contribution is 2.22. The van der Waals surface area contributed by atoms with Crippen LogP contribution >= 0.6 is 0 Å². The van der Waals surface area contributed by atoms with Gasteiger partial charge in [-0.1, -0.05) is 18.2 Å². The lowest BCUT2D eigenvalue weighted by Crippen LogP contribution is -2.31. The molecule has 0 aliphatic rings. The van der Waals surface area contributed by atoms with E-state index in [1.165, 1.54) is 26.4 Å². The van der Waals surface area contributed by atoms with Gasteiger partial charge in [0.15, 0.2) is 12.4 Å². The number of methoxy groups -OCH3 is 2. The summed E-state index contributed by atoms with van der Waals surface area (Å²) in [5, 5.41) is 3.21. The number of furan rings is 1. The average Bonchev–Trinajstić information content (AvgIpc) is 3.19. The van der Waals surface area contributed by atoms with Crippen molar-refractivity contribution in [1.82, 2.24) is 5.32 Å². The van der Waals surface area contributed by atoms with Crippen LogP contribution in [0.3, 0.4) is 0 Å². The third-order valence-electron chi connectivity index (χ3n) is 4.07. The molecule has 0 spiro atoms. The third-order valence-corrected chi connectivity index (χ3v) is 4.07. The molecule has 0 saturated carbocycles. The molecule has 150 valence electrons. The second-order valence-corrected chi connectivity index (χ2v) is 6.02. The van der Waals surface area contributed by atoms with Crippen LogP contribution in [0.15, 0.2) is 52.9 Å². The van der Waals surface area contributed by atoms with Crippen LogP contribution in [0.25, 0.3) is 11.0 Å². The van der Waals surface area contributed by atoms with Crippen molar-refractivity contribution < 1.29 is 33.0 Å². The standard InChI is InChI=1S/C21H19NO7/c1-26-15-7-14(8-16(10-15)27-2)21(25)22-11-20(24)28-12-17(23)19-9-13-5-3-4-6-18(13)29-19/h3-10H,11-12H2,1-2H3,(H,22,25). The van der Waals surface area contributed by atoms with Crippen molar-refractivity contribution in [1.29, 1.82) is 0 Å². The fourth-order valence-electron chi connectivity index (χ4n) is 2.58. The number of hydrogen-bond acceptors (Lipinski definition) is 7. The maximum absolute atomic E-state index is 12.2. The summed E-state index contributed by atoms with van der Waals surface area (Å²) in [7, 11) is 2.93. The molecule has 1 amide bonds. The Morgan fingerprint density at radius 2 is 1.66 bits per heavy atom. The van der Waals surface area contributed by atoms with E-state index in [4.69, 9.17) is 18.6 Å². The molecule has 0 atom stereocenters. The number of benzene rings is 2. The average molecular weight is 397 g/mol. The van der Waals surface area contributed by atoms with Crippen LogP contribution in [-0.4, -0.2) is 45.0 Å². The summed E-state index contributed by atoms with van der Waals surface area (Å²) in [6.07, 6.45) is 0. The molecule has 8 heteroatoms. The first-order chi connectivity index (χ1) is 14.0. The summed E-state index contributed by atoms with van der Waals surface area (Å²) >= 11 is 0. The lowest BCUT2D eigenvalue weighted by Gasteiger charge is -2.09. The maximum atomic E-state index is 12.2. The van der Waals surface area contributed by atoms with Gasteiger partial charge in [0, 0.05) is 17.0 Å². The summed E-state index contributed by atoms with van der Waals surface area (Å²) in [6.45, 7) is -0.882. The number of hydrogen-bond donors (Lipinski definition) is 1. The molecule has 3 aromatic rings. The Labute approximate surface area is 166 Å². The number of Topliss-reactive ketones (excluding diaryl/α,β-unsaturated/α-hetero) is 1. The summed E-state index contributed by atoms with van der Waals surface area (Å²) in [5.74, 6) is -0.757. The van der Waals surface area contributed by atoms with Gasteiger partial charge in [0.1, 0.15) is 23.6 Å². The molecule has 0 aliphatic heterocycles. The first-order valence-electron chi connectivity index (χ1n) is 8.69. The van der Waals surface area contributed by atoms with Crippen molar-refractivity contribution in [2.24, 2.45) is 0 Å². The summed E-state index contributed by atoms with van der Waals surface area (Å²) < 4.78 is 20.6. The smallest absolute Gasteiger partial charge is 0.325 e. The SMILES string of the molecule is COc1cc(OC)cc(C(=O)NCC(=O)OCC(=O)c2cc3ccccc3o2)c1. The topological polar surface area (TPSA) is 104 Å². The van der Waals surface area contributed by atoms with E-state index in [9.17, 15) is 14.4 Å². The maximum Gasteiger partial charge on any atom is 0.325 e. The van der Waals surface area contributed by atoms with Crippen LogP contribution in [0.1, 0.15) is 20.9 Å². The Bertz CT molecular complexity index is 999. The largest absolute Gasteiger partial charge is 0.497 e. The monoisotopic (exact) mass is 397 g/mol. The molecule has 0 unspecified atom stereocenters. The molecule has 0 fully saturated rings. The van der Waals surface area contributed by atoms with Gasteiger partial charge in [-0.2, -0.15) is 0 Å². The lowest BCUT2D eigenvalue weighted by molar-refractivity contribution is -0.141. The molecular weight excluding hydrogens is 378 g/mol. The summed E-state index contributed by atoms with van der Waals surface area (Å²) in [5.41, 5.74) is 0.829. The van der Waals surface area contributed by atoms with Crippen molar-refractivity contribution in [3.63, 3.8) is 0 Å². The number of para-hydroxylation sites is 1. The van der Waals surface area contributed by atoms with Crippen molar-refractivity contribution in [3.05, 3.63) is 59.9 Å². The van der Waals surface area contributed by atoms with Crippen LogP contribution in [0.2, 0.25) is 0 Å². The Kier molecular flexibility index (Phi) is 6.13. The molecule has 0 saturated heterocycles. The minimum Gasteiger partial charge on any atom is -0.497 e. The zero-order valence-electron chi connectivity index (χ0n) is 15.9. The quantitative estimate of drug-likeness (QED) is 0.460. The van der Waals surface area contributed by atoms with E-state index in [1.54, 1.807) is 24.3 Å². The van der Waals surface area contributed by atoms with Gasteiger partial charge in [-0.05, 0) is 24.3 Å². The number of carbonyl (C=O) groups excluding carboxylic acids is 3. The number of esters is 1. The second-order valence-electron chi connectivity index (χ2n) is 6.02. The fraction of sp³-hybridized carbons (Fsp3) is 0.190. The van der Waals surface area contributed by atoms with Crippen LogP contribution in [0.4, 0.5) is 0 Å². The second kappa shape index (κ2) is 8.92. The predicted molar refractivity (Wildman–Crippen MR) is 103 cm³/mol. The zero-order valence-corrected chi connectivity index (χ0v) is 15.9. The Balaban J connectivity index is 1.52. The van der Waals surface area contributed by atoms with E-state index in [-0.39, 0.29) is 11.3 Å². The van der Waals surface area contributed by atoms with E-state index >= 15 is 0 Å². The molecule has 3 rings (SSSR count). The van der Waals surface area contributed by atoms with E-state index < -0.39 is 30.8 Å². The van der Waals surface area contributed by atoms with Gasteiger partial charge in [-0.25, -0.2) is 0 Å². The first kappa shape index (κ1) is 19.9. The number of rotatable bonds is 8. The van der Waals surface area contributed by atoms with Crippen LogP contribution in [-0.2, 0) is 9.53 Å². The number of nitrogens with one attached hydrogen (secondary N) is 1. The number of amides is 1. The Morgan fingerprint density at radius 3 is 2.31 bits per heavy atom. The van der Waals surface area contributed by atoms with Crippen LogP contribution < -0.4 is 14.8 Å². The highest BCUT2D eigenvalue weighted by molar-refractivity contribution is 5.99. The zero-order chi connectivity index (χ0) is 20.8. The molecule has 8 nitrogen and oxygen atoms in total. The first-order valence-corrected chi connectivity index (χ1v) is 8.69. The molecule has 2 aromatic carbocycles. The Morgan fingerprint density at radius 1 is 0.966 bits per heavy atom. The lowest BCUT2D eigenvalue weighted by atomic mass is 10.2. The fourth-order valence-corrected chi connectivity index (χ4v) is 2.58. The van der Waals surface area contributed by atoms with E-state index in [0.29, 0.717) is 17.1 Å². The number of fused-ring (bicyclic) bond motifs is 1. The van der Waals surface area contributed by atoms with Gasteiger partial charge in [0.05, 0.1) is 14.2 Å². The number of ketones is 1. The normalized spacial score (nSPS) is 10.4. The highest BCUT2D eigenvalue weighted by Gasteiger charge is 2.16. The molecular formula is C21H19NO7. The van der Waals surface area contributed by atoms with Crippen molar-refractivity contribution >= 4 is 28.6 Å². The molecule has 29 heavy (non-hydrogen) atoms. The number of carbonyl (C=O) groups is 3. The Hall–Kier alpha value is -3.81. The molecule has 0 aliphatic carbocycles. The third kappa shape index (κ3) is 4.92. The molecule has 1 aromatic heterocycles. The van der Waals surface area contributed by atoms with Gasteiger partial charge in [-0.15, -0.1) is 0 Å². The summed E-state index contributed by atoms with van der Waals surface area (Å²) in [4.78, 5) is 36.2. The molecule has 1 N–H and O–H groups in total. The van der Waals surface area contributed by atoms with E-state index in [0.717, 1.165) is 5.39 Å². The van der Waals surface area contributed by atoms with Gasteiger partial charge in [0.2, 0.25) is 5.78 Å². The van der Waals surface area contributed by atoms with Crippen molar-refractivity contribution in [3.8, 4) is 11.5 Å². The molecule has 0 bridgehead atoms. The van der Waals surface area contributed by atoms with Crippen molar-refractivity contribution in [2.45, 2.75) is 0 Å². The minimum atomic E-state index is -0.752. The highest BCUT2D eigenvalue weighted by atomic mass is 16.5. The summed E-state index contributed by atoms with van der Waals surface area (Å²) in [6, 6.07) is 13.4. The van der Waals surface area contributed by atoms with Crippen LogP contribution in [0.5, 0.6) is 11.5 Å². The van der Waals surface area contributed by atoms with Gasteiger partial charge < -0.3 is 23.9 Å². The van der Waals surface area contributed by atoms with Gasteiger partial charge in [0.25, 0.3) is 5.91 Å².